The Morgan fingerprint density at radius 1 is 1.06 bits per heavy atom. The van der Waals surface area contributed by atoms with Gasteiger partial charge in [0.15, 0.2) is 0 Å². The molecule has 2 aliphatic heterocycles. The predicted octanol–water partition coefficient (Wildman–Crippen LogP) is 7.29. The van der Waals surface area contributed by atoms with Crippen molar-refractivity contribution in [2.75, 3.05) is 0 Å². The average molecular weight is 496 g/mol. The van der Waals surface area contributed by atoms with Crippen molar-refractivity contribution >= 4 is 29.3 Å². The molecule has 3 aromatic carbocycles. The van der Waals surface area contributed by atoms with Gasteiger partial charge in [0.2, 0.25) is 0 Å². The van der Waals surface area contributed by atoms with Crippen molar-refractivity contribution in [1.29, 1.82) is 0 Å². The molecule has 1 amide bonds. The second-order valence-electron chi connectivity index (χ2n) is 9.19. The maximum atomic E-state index is 13.4. The highest BCUT2D eigenvalue weighted by molar-refractivity contribution is 7.98. The maximum absolute atomic E-state index is 13.4. The predicted molar refractivity (Wildman–Crippen MR) is 135 cm³/mol. The smallest absolute Gasteiger partial charge is 0.254 e. The van der Waals surface area contributed by atoms with Crippen molar-refractivity contribution in [3.05, 3.63) is 94.3 Å². The van der Waals surface area contributed by atoms with Crippen LogP contribution in [0.15, 0.2) is 71.6 Å². The number of halogens is 2. The molecule has 2 unspecified atom stereocenters. The number of amides is 1. The number of carbonyl (C=O) groups excluding carboxylic acids is 1. The molecule has 6 heteroatoms. The van der Waals surface area contributed by atoms with Gasteiger partial charge in [0, 0.05) is 41.1 Å². The zero-order chi connectivity index (χ0) is 23.7. The lowest BCUT2D eigenvalue weighted by Gasteiger charge is -2.39. The Hall–Kier alpha value is -2.50. The maximum Gasteiger partial charge on any atom is 0.254 e. The number of hydrogen-bond donors (Lipinski definition) is 0. The Morgan fingerprint density at radius 2 is 1.79 bits per heavy atom. The molecule has 0 saturated carbocycles. The summed E-state index contributed by atoms with van der Waals surface area (Å²) in [6.07, 6.45) is 3.76. The van der Waals surface area contributed by atoms with Crippen LogP contribution in [0.1, 0.15) is 47.2 Å². The van der Waals surface area contributed by atoms with Crippen LogP contribution >= 0.6 is 23.4 Å². The molecule has 2 heterocycles. The molecular weight excluding hydrogens is 469 g/mol. The molecule has 0 N–H and O–H groups in total. The summed E-state index contributed by atoms with van der Waals surface area (Å²) in [5, 5.41) is 0.632. The lowest BCUT2D eigenvalue weighted by molar-refractivity contribution is 0.0359. The van der Waals surface area contributed by atoms with Gasteiger partial charge in [-0.1, -0.05) is 35.9 Å². The summed E-state index contributed by atoms with van der Waals surface area (Å²) in [5.74, 6) is 1.34. The van der Waals surface area contributed by atoms with Crippen LogP contribution in [0.25, 0.3) is 0 Å². The van der Waals surface area contributed by atoms with E-state index in [1.54, 1.807) is 23.9 Å². The highest BCUT2D eigenvalue weighted by Crippen LogP contribution is 2.39. The lowest BCUT2D eigenvalue weighted by atomic mass is 9.98. The summed E-state index contributed by atoms with van der Waals surface area (Å²) in [6.45, 7) is 2.03. The molecule has 3 nitrogen and oxygen atoms in total. The second-order valence-corrected chi connectivity index (χ2v) is 10.6. The highest BCUT2D eigenvalue weighted by atomic mass is 35.5. The number of nitrogens with zero attached hydrogens (tertiary/aromatic N) is 1. The van der Waals surface area contributed by atoms with Crippen molar-refractivity contribution < 1.29 is 13.9 Å². The first-order valence-electron chi connectivity index (χ1n) is 11.7. The second kappa shape index (κ2) is 10.0. The van der Waals surface area contributed by atoms with Gasteiger partial charge in [-0.25, -0.2) is 4.39 Å². The van der Waals surface area contributed by atoms with Crippen molar-refractivity contribution in [2.24, 2.45) is 0 Å². The minimum atomic E-state index is -0.225. The monoisotopic (exact) mass is 495 g/mol. The van der Waals surface area contributed by atoms with Crippen molar-refractivity contribution in [1.82, 2.24) is 4.90 Å². The van der Waals surface area contributed by atoms with Gasteiger partial charge >= 0.3 is 0 Å². The average Bonchev–Trinajstić information content (AvgIpc) is 3.10. The molecule has 0 aromatic heterocycles. The van der Waals surface area contributed by atoms with Crippen LogP contribution in [0, 0.1) is 12.7 Å². The van der Waals surface area contributed by atoms with Crippen LogP contribution in [-0.2, 0) is 5.75 Å². The first-order valence-corrected chi connectivity index (χ1v) is 13.1. The van der Waals surface area contributed by atoms with Crippen molar-refractivity contribution in [3.63, 3.8) is 0 Å². The minimum absolute atomic E-state index is 0.0723. The molecule has 2 atom stereocenters. The van der Waals surface area contributed by atoms with Crippen LogP contribution in [0.5, 0.6) is 5.75 Å². The fourth-order valence-corrected chi connectivity index (χ4v) is 6.11. The van der Waals surface area contributed by atoms with Crippen LogP contribution in [0.4, 0.5) is 4.39 Å². The standard InChI is InChI=1S/C28H27ClFNO2S/c1-18-5-12-26(29)27(13-18)33-24-15-22-10-11-23(16-24)31(22)28(32)20-8-6-19(7-9-20)17-34-25-4-2-3-21(30)14-25/h2-9,12-14,22-24H,10-11,15-17H2,1H3. The van der Waals surface area contributed by atoms with Crippen LogP contribution in [-0.4, -0.2) is 29.0 Å². The zero-order valence-electron chi connectivity index (χ0n) is 19.0. The number of benzene rings is 3. The summed E-state index contributed by atoms with van der Waals surface area (Å²) >= 11 is 7.92. The first-order chi connectivity index (χ1) is 16.5. The zero-order valence-corrected chi connectivity index (χ0v) is 20.6. The van der Waals surface area contributed by atoms with Gasteiger partial charge in [-0.3, -0.25) is 4.79 Å². The van der Waals surface area contributed by atoms with Gasteiger partial charge in [0.1, 0.15) is 17.7 Å². The van der Waals surface area contributed by atoms with Gasteiger partial charge in [-0.2, -0.15) is 0 Å². The minimum Gasteiger partial charge on any atom is -0.489 e. The molecule has 0 radical (unpaired) electrons. The highest BCUT2D eigenvalue weighted by Gasteiger charge is 2.44. The number of rotatable bonds is 6. The summed E-state index contributed by atoms with van der Waals surface area (Å²) in [5.41, 5.74) is 2.95. The van der Waals surface area contributed by atoms with E-state index in [9.17, 15) is 9.18 Å². The van der Waals surface area contributed by atoms with E-state index in [0.29, 0.717) is 5.02 Å². The molecule has 34 heavy (non-hydrogen) atoms. The van der Waals surface area contributed by atoms with Crippen molar-refractivity contribution in [3.8, 4) is 5.75 Å². The van der Waals surface area contributed by atoms with E-state index in [4.69, 9.17) is 16.3 Å². The fourth-order valence-electron chi connectivity index (χ4n) is 5.05. The molecular formula is C28H27ClFNO2S. The lowest BCUT2D eigenvalue weighted by Crippen LogP contribution is -2.49. The summed E-state index contributed by atoms with van der Waals surface area (Å²) < 4.78 is 19.6. The van der Waals surface area contributed by atoms with Crippen LogP contribution in [0.3, 0.4) is 0 Å². The Kier molecular flexibility index (Phi) is 6.84. The number of piperidine rings is 1. The molecule has 2 saturated heterocycles. The van der Waals surface area contributed by atoms with E-state index in [0.717, 1.165) is 58.8 Å². The molecule has 0 aliphatic carbocycles. The van der Waals surface area contributed by atoms with Crippen molar-refractivity contribution in [2.45, 2.75) is 61.4 Å². The summed E-state index contributed by atoms with van der Waals surface area (Å²) in [4.78, 5) is 16.3. The number of ether oxygens (including phenoxy) is 1. The largest absolute Gasteiger partial charge is 0.489 e. The molecule has 0 spiro atoms. The number of aryl methyl sites for hydroxylation is 1. The van der Waals surface area contributed by atoms with E-state index in [1.165, 1.54) is 6.07 Å². The Labute approximate surface area is 209 Å². The number of carbonyl (C=O) groups is 1. The Balaban J connectivity index is 1.21. The van der Waals surface area contributed by atoms with Gasteiger partial charge in [0.05, 0.1) is 5.02 Å². The molecule has 2 fully saturated rings. The number of fused-ring (bicyclic) bond motifs is 2. The van der Waals surface area contributed by atoms with Crippen LogP contribution < -0.4 is 4.74 Å². The van der Waals surface area contributed by atoms with E-state index >= 15 is 0 Å². The summed E-state index contributed by atoms with van der Waals surface area (Å²) in [6, 6.07) is 20.7. The van der Waals surface area contributed by atoms with E-state index in [2.05, 4.69) is 4.90 Å². The van der Waals surface area contributed by atoms with Crippen LogP contribution in [0.2, 0.25) is 5.02 Å². The van der Waals surface area contributed by atoms with E-state index in [1.807, 2.05) is 55.5 Å². The third kappa shape index (κ3) is 5.11. The Morgan fingerprint density at radius 3 is 2.50 bits per heavy atom. The topological polar surface area (TPSA) is 29.5 Å². The molecule has 176 valence electrons. The van der Waals surface area contributed by atoms with E-state index in [-0.39, 0.29) is 29.9 Å². The van der Waals surface area contributed by atoms with Gasteiger partial charge in [0.25, 0.3) is 5.91 Å². The molecule has 2 aliphatic rings. The quantitative estimate of drug-likeness (QED) is 0.336. The third-order valence-electron chi connectivity index (χ3n) is 6.71. The van der Waals surface area contributed by atoms with Gasteiger partial charge in [-0.05, 0) is 73.4 Å². The number of thioether (sulfide) groups is 1. The molecule has 3 aromatic rings. The van der Waals surface area contributed by atoms with E-state index < -0.39 is 0 Å². The van der Waals surface area contributed by atoms with Gasteiger partial charge < -0.3 is 9.64 Å². The fraction of sp³-hybridized carbons (Fsp3) is 0.321. The number of hydrogen-bond acceptors (Lipinski definition) is 3. The Bertz CT molecular complexity index is 1170. The molecule has 2 bridgehead atoms. The first kappa shape index (κ1) is 23.3. The SMILES string of the molecule is Cc1ccc(Cl)c(OC2CC3CCC(C2)N3C(=O)c2ccc(CSc3cccc(F)c3)cc2)c1. The molecule has 5 rings (SSSR count). The third-order valence-corrected chi connectivity index (χ3v) is 8.08. The van der Waals surface area contributed by atoms with Gasteiger partial charge in [-0.15, -0.1) is 11.8 Å². The normalized spacial score (nSPS) is 21.5. The summed E-state index contributed by atoms with van der Waals surface area (Å²) in [7, 11) is 0.